The summed E-state index contributed by atoms with van der Waals surface area (Å²) in [7, 11) is 0. The molecule has 61 valence electrons. The number of halogens is 3. The Labute approximate surface area is 59.4 Å². The van der Waals surface area contributed by atoms with E-state index >= 15 is 0 Å². The second-order valence-corrected chi connectivity index (χ2v) is 2.44. The average molecular weight is 153 g/mol. The van der Waals surface area contributed by atoms with Crippen molar-refractivity contribution in [1.82, 2.24) is 0 Å². The van der Waals surface area contributed by atoms with Crippen LogP contribution in [0.15, 0.2) is 0 Å². The minimum absolute atomic E-state index is 0.152. The molecule has 0 aliphatic carbocycles. The van der Waals surface area contributed by atoms with Crippen LogP contribution in [0.4, 0.5) is 13.2 Å². The number of hydrogen-bond acceptors (Lipinski definition) is 0. The van der Waals surface area contributed by atoms with Crippen molar-refractivity contribution in [2.24, 2.45) is 0 Å². The van der Waals surface area contributed by atoms with Crippen molar-refractivity contribution in [3.63, 3.8) is 0 Å². The van der Waals surface area contributed by atoms with Gasteiger partial charge < -0.3 is 0 Å². The summed E-state index contributed by atoms with van der Waals surface area (Å²) < 4.78 is 36.8. The van der Waals surface area contributed by atoms with E-state index in [0.29, 0.717) is 0 Å². The molecule has 0 amide bonds. The van der Waals surface area contributed by atoms with Crippen molar-refractivity contribution in [2.45, 2.75) is 38.3 Å². The van der Waals surface area contributed by atoms with Crippen LogP contribution in [-0.4, -0.2) is 12.1 Å². The first kappa shape index (κ1) is 9.79. The predicted molar refractivity (Wildman–Crippen MR) is 34.7 cm³/mol. The van der Waals surface area contributed by atoms with E-state index < -0.39 is 18.5 Å². The fraction of sp³-hybridized carbons (Fsp3) is 0.857. The maximum atomic E-state index is 12.4. The molecule has 10 heavy (non-hydrogen) atoms. The van der Waals surface area contributed by atoms with Gasteiger partial charge in [0.05, 0.1) is 0 Å². The molecular weight excluding hydrogens is 141 g/mol. The Balaban J connectivity index is 3.63. The Morgan fingerprint density at radius 3 is 2.30 bits per heavy atom. The maximum absolute atomic E-state index is 12.4. The highest BCUT2D eigenvalue weighted by Gasteiger charge is 2.29. The summed E-state index contributed by atoms with van der Waals surface area (Å²) in [5.74, 6) is -2.87. The first-order valence-corrected chi connectivity index (χ1v) is 3.29. The number of rotatable bonds is 4. The zero-order valence-electron chi connectivity index (χ0n) is 6.04. The second-order valence-electron chi connectivity index (χ2n) is 2.44. The SMILES string of the molecule is [CH2]CCC(F)(F)C[C@H](C)F. The van der Waals surface area contributed by atoms with Crippen molar-refractivity contribution in [2.75, 3.05) is 0 Å². The fourth-order valence-electron chi connectivity index (χ4n) is 0.772. The molecule has 0 fully saturated rings. The van der Waals surface area contributed by atoms with Crippen molar-refractivity contribution in [3.8, 4) is 0 Å². The summed E-state index contributed by atoms with van der Waals surface area (Å²) in [4.78, 5) is 0. The van der Waals surface area contributed by atoms with E-state index in [1.165, 1.54) is 0 Å². The Morgan fingerprint density at radius 1 is 1.50 bits per heavy atom. The third-order valence-electron chi connectivity index (χ3n) is 1.12. The molecule has 0 saturated heterocycles. The maximum Gasteiger partial charge on any atom is 0.250 e. The standard InChI is InChI=1S/C7H12F3/c1-3-4-7(9,10)5-6(2)8/h6H,1,3-5H2,2H3/t6-/m0/s1. The molecule has 0 aromatic carbocycles. The van der Waals surface area contributed by atoms with Crippen molar-refractivity contribution in [3.05, 3.63) is 6.92 Å². The molecule has 0 nitrogen and oxygen atoms in total. The summed E-state index contributed by atoms with van der Waals surface area (Å²) in [6.45, 7) is 4.41. The largest absolute Gasteiger partial charge is 0.250 e. The highest BCUT2D eigenvalue weighted by molar-refractivity contribution is 4.69. The lowest BCUT2D eigenvalue weighted by Crippen LogP contribution is -2.19. The third kappa shape index (κ3) is 4.65. The van der Waals surface area contributed by atoms with E-state index in [2.05, 4.69) is 6.92 Å². The van der Waals surface area contributed by atoms with Crippen molar-refractivity contribution >= 4 is 0 Å². The number of alkyl halides is 3. The van der Waals surface area contributed by atoms with Crippen LogP contribution in [0.2, 0.25) is 0 Å². The topological polar surface area (TPSA) is 0 Å². The van der Waals surface area contributed by atoms with Gasteiger partial charge in [-0.3, -0.25) is 0 Å². The molecule has 0 saturated carbocycles. The molecule has 0 heterocycles. The molecule has 3 heteroatoms. The monoisotopic (exact) mass is 153 g/mol. The quantitative estimate of drug-likeness (QED) is 0.582. The molecule has 0 aliphatic heterocycles. The van der Waals surface area contributed by atoms with E-state index in [0.717, 1.165) is 6.92 Å². The van der Waals surface area contributed by atoms with Crippen molar-refractivity contribution < 1.29 is 13.2 Å². The molecular formula is C7H12F3. The lowest BCUT2D eigenvalue weighted by molar-refractivity contribution is -0.0323. The Kier molecular flexibility index (Phi) is 3.76. The Bertz CT molecular complexity index is 88.9. The number of hydrogen-bond donors (Lipinski definition) is 0. The first-order chi connectivity index (χ1) is 4.48. The van der Waals surface area contributed by atoms with E-state index in [4.69, 9.17) is 0 Å². The van der Waals surface area contributed by atoms with Crippen molar-refractivity contribution in [1.29, 1.82) is 0 Å². The fourth-order valence-corrected chi connectivity index (χ4v) is 0.772. The van der Waals surface area contributed by atoms with Crippen LogP contribution < -0.4 is 0 Å². The normalized spacial score (nSPS) is 15.3. The highest BCUT2D eigenvalue weighted by Crippen LogP contribution is 2.26. The highest BCUT2D eigenvalue weighted by atomic mass is 19.3. The van der Waals surface area contributed by atoms with Crippen LogP contribution in [0.25, 0.3) is 0 Å². The van der Waals surface area contributed by atoms with Gasteiger partial charge in [-0.2, -0.15) is 0 Å². The Morgan fingerprint density at radius 2 is 2.00 bits per heavy atom. The van der Waals surface area contributed by atoms with Gasteiger partial charge in [0.2, 0.25) is 0 Å². The molecule has 0 aromatic rings. The van der Waals surface area contributed by atoms with Gasteiger partial charge in [-0.1, -0.05) is 6.92 Å². The van der Waals surface area contributed by atoms with Crippen LogP contribution in [0.5, 0.6) is 0 Å². The molecule has 0 unspecified atom stereocenters. The molecule has 0 aliphatic rings. The molecule has 1 atom stereocenters. The van der Waals surface area contributed by atoms with Gasteiger partial charge in [-0.05, 0) is 13.3 Å². The van der Waals surface area contributed by atoms with Gasteiger partial charge in [-0.25, -0.2) is 13.2 Å². The van der Waals surface area contributed by atoms with Gasteiger partial charge in [0, 0.05) is 12.8 Å². The van der Waals surface area contributed by atoms with Gasteiger partial charge in [-0.15, -0.1) is 0 Å². The minimum Gasteiger partial charge on any atom is -0.248 e. The van der Waals surface area contributed by atoms with Crippen LogP contribution in [0.1, 0.15) is 26.2 Å². The molecule has 0 bridgehead atoms. The van der Waals surface area contributed by atoms with Crippen LogP contribution >= 0.6 is 0 Å². The molecule has 0 N–H and O–H groups in total. The van der Waals surface area contributed by atoms with Crippen LogP contribution in [0, 0.1) is 6.92 Å². The average Bonchev–Trinajstić information content (AvgIpc) is 1.59. The predicted octanol–water partition coefficient (Wildman–Crippen LogP) is 2.98. The molecule has 1 radical (unpaired) electrons. The van der Waals surface area contributed by atoms with Gasteiger partial charge in [0.1, 0.15) is 6.17 Å². The first-order valence-electron chi connectivity index (χ1n) is 3.29. The zero-order chi connectivity index (χ0) is 8.20. The van der Waals surface area contributed by atoms with E-state index in [1.807, 2.05) is 0 Å². The van der Waals surface area contributed by atoms with Gasteiger partial charge in [0.25, 0.3) is 5.92 Å². The molecule has 0 rings (SSSR count). The summed E-state index contributed by atoms with van der Waals surface area (Å²) in [5, 5.41) is 0. The van der Waals surface area contributed by atoms with E-state index in [-0.39, 0.29) is 12.8 Å². The lowest BCUT2D eigenvalue weighted by Gasteiger charge is -2.15. The summed E-state index contributed by atoms with van der Waals surface area (Å²) >= 11 is 0. The zero-order valence-corrected chi connectivity index (χ0v) is 6.04. The summed E-state index contributed by atoms with van der Waals surface area (Å²) in [6.07, 6.45) is -2.27. The summed E-state index contributed by atoms with van der Waals surface area (Å²) in [6, 6.07) is 0. The van der Waals surface area contributed by atoms with Crippen LogP contribution in [-0.2, 0) is 0 Å². The van der Waals surface area contributed by atoms with Gasteiger partial charge in [0.15, 0.2) is 0 Å². The van der Waals surface area contributed by atoms with Gasteiger partial charge >= 0.3 is 0 Å². The minimum atomic E-state index is -2.87. The van der Waals surface area contributed by atoms with Crippen LogP contribution in [0.3, 0.4) is 0 Å². The second kappa shape index (κ2) is 3.84. The molecule has 0 aromatic heterocycles. The Hall–Kier alpha value is -0.210. The van der Waals surface area contributed by atoms with E-state index in [9.17, 15) is 13.2 Å². The third-order valence-corrected chi connectivity index (χ3v) is 1.12. The molecule has 0 spiro atoms. The summed E-state index contributed by atoms with van der Waals surface area (Å²) in [5.41, 5.74) is 0. The van der Waals surface area contributed by atoms with E-state index in [1.54, 1.807) is 0 Å². The smallest absolute Gasteiger partial charge is 0.248 e. The lowest BCUT2D eigenvalue weighted by atomic mass is 10.1.